The number of ketones is 2. The van der Waals surface area contributed by atoms with Crippen LogP contribution in [0.1, 0.15) is 26.0 Å². The summed E-state index contributed by atoms with van der Waals surface area (Å²) >= 11 is 0. The van der Waals surface area contributed by atoms with Crippen LogP contribution in [-0.2, 0) is 16.0 Å². The maximum atomic E-state index is 13.0. The zero-order chi connectivity index (χ0) is 20.8. The van der Waals surface area contributed by atoms with Gasteiger partial charge in [0.25, 0.3) is 0 Å². The van der Waals surface area contributed by atoms with Crippen LogP contribution < -0.4 is 4.74 Å². The summed E-state index contributed by atoms with van der Waals surface area (Å²) in [6, 6.07) is 18.8. The predicted molar refractivity (Wildman–Crippen MR) is 109 cm³/mol. The minimum absolute atomic E-state index is 0.000366. The van der Waals surface area contributed by atoms with Crippen molar-refractivity contribution < 1.29 is 18.7 Å². The maximum Gasteiger partial charge on any atom is 0.139 e. The molecule has 0 amide bonds. The molecular formula is C24H22FNO3. The fourth-order valence-corrected chi connectivity index (χ4v) is 2.83. The molecule has 0 saturated carbocycles. The largest absolute Gasteiger partial charge is 0.457 e. The van der Waals surface area contributed by atoms with Crippen LogP contribution in [0.4, 0.5) is 4.39 Å². The van der Waals surface area contributed by atoms with Crippen molar-refractivity contribution in [2.24, 2.45) is 5.92 Å². The van der Waals surface area contributed by atoms with Crippen LogP contribution in [0.25, 0.3) is 11.3 Å². The maximum absolute atomic E-state index is 13.0. The Morgan fingerprint density at radius 2 is 1.59 bits per heavy atom. The van der Waals surface area contributed by atoms with Crippen molar-refractivity contribution in [3.63, 3.8) is 0 Å². The number of pyridine rings is 1. The van der Waals surface area contributed by atoms with Crippen molar-refractivity contribution in [1.82, 2.24) is 4.98 Å². The number of halogens is 1. The van der Waals surface area contributed by atoms with Gasteiger partial charge in [-0.2, -0.15) is 0 Å². The number of nitrogens with zero attached hydrogens (tertiary/aromatic N) is 1. The summed E-state index contributed by atoms with van der Waals surface area (Å²) in [6.07, 6.45) is 0.438. The molecule has 0 N–H and O–H groups in total. The minimum Gasteiger partial charge on any atom is -0.457 e. The number of carbonyl (C=O) groups excluding carboxylic acids is 2. The molecule has 0 aliphatic rings. The Bertz CT molecular complexity index is 997. The molecule has 0 aliphatic heterocycles. The summed E-state index contributed by atoms with van der Waals surface area (Å²) in [6.45, 7) is 3.26. The van der Waals surface area contributed by atoms with E-state index in [1.807, 2.05) is 42.5 Å². The van der Waals surface area contributed by atoms with Gasteiger partial charge in [-0.1, -0.05) is 13.0 Å². The van der Waals surface area contributed by atoms with Crippen LogP contribution >= 0.6 is 0 Å². The lowest BCUT2D eigenvalue weighted by molar-refractivity contribution is -0.126. The van der Waals surface area contributed by atoms with E-state index in [1.165, 1.54) is 19.1 Å². The molecule has 3 rings (SSSR count). The average molecular weight is 391 g/mol. The molecule has 0 radical (unpaired) electrons. The molecule has 0 spiro atoms. The zero-order valence-corrected chi connectivity index (χ0v) is 16.4. The standard InChI is InChI=1S/C24H22FNO3/c1-16(17(2)27)14-21(28)15-20-4-3-5-24(26-20)18-6-10-22(11-7-18)29-23-12-8-19(25)9-13-23/h3-13,16H,14-15H2,1-2H3/t16-/m1/s1. The highest BCUT2D eigenvalue weighted by Gasteiger charge is 2.14. The lowest BCUT2D eigenvalue weighted by atomic mass is 9.98. The lowest BCUT2D eigenvalue weighted by Crippen LogP contribution is -2.14. The Morgan fingerprint density at radius 3 is 2.21 bits per heavy atom. The highest BCUT2D eigenvalue weighted by molar-refractivity contribution is 5.87. The van der Waals surface area contributed by atoms with Gasteiger partial charge in [-0.05, 0) is 67.6 Å². The molecule has 4 nitrogen and oxygen atoms in total. The quantitative estimate of drug-likeness (QED) is 0.515. The third kappa shape index (κ3) is 5.82. The van der Waals surface area contributed by atoms with E-state index in [-0.39, 0.29) is 36.1 Å². The first-order valence-corrected chi connectivity index (χ1v) is 9.42. The van der Waals surface area contributed by atoms with Crippen LogP contribution in [0.15, 0.2) is 66.7 Å². The molecule has 1 heterocycles. The number of Topliss-reactive ketones (excluding diaryl/α,β-unsaturated/α-hetero) is 2. The SMILES string of the molecule is CC(=O)[C@H](C)CC(=O)Cc1cccc(-c2ccc(Oc3ccc(F)cc3)cc2)n1. The van der Waals surface area contributed by atoms with Crippen molar-refractivity contribution in [1.29, 1.82) is 0 Å². The number of carbonyl (C=O) groups is 2. The monoisotopic (exact) mass is 391 g/mol. The minimum atomic E-state index is -0.312. The van der Waals surface area contributed by atoms with Gasteiger partial charge in [-0.15, -0.1) is 0 Å². The van der Waals surface area contributed by atoms with Crippen molar-refractivity contribution in [3.05, 3.63) is 78.2 Å². The predicted octanol–water partition coefficient (Wildman–Crippen LogP) is 5.41. The van der Waals surface area contributed by atoms with Crippen molar-refractivity contribution in [3.8, 4) is 22.8 Å². The molecule has 0 fully saturated rings. The van der Waals surface area contributed by atoms with E-state index in [2.05, 4.69) is 4.98 Å². The molecule has 148 valence electrons. The summed E-state index contributed by atoms with van der Waals surface area (Å²) in [5.41, 5.74) is 2.32. The van der Waals surface area contributed by atoms with Gasteiger partial charge in [-0.25, -0.2) is 4.39 Å². The summed E-state index contributed by atoms with van der Waals surface area (Å²) < 4.78 is 18.7. The molecule has 0 aliphatic carbocycles. The Kier molecular flexibility index (Phi) is 6.50. The van der Waals surface area contributed by atoms with Gasteiger partial charge >= 0.3 is 0 Å². The Hall–Kier alpha value is -3.34. The van der Waals surface area contributed by atoms with Crippen molar-refractivity contribution in [2.45, 2.75) is 26.7 Å². The van der Waals surface area contributed by atoms with Gasteiger partial charge < -0.3 is 4.74 Å². The van der Waals surface area contributed by atoms with Gasteiger partial charge in [0.05, 0.1) is 5.69 Å². The summed E-state index contributed by atoms with van der Waals surface area (Å²) in [7, 11) is 0. The second kappa shape index (κ2) is 9.24. The summed E-state index contributed by atoms with van der Waals surface area (Å²) in [5, 5.41) is 0. The van der Waals surface area contributed by atoms with E-state index in [9.17, 15) is 14.0 Å². The summed E-state index contributed by atoms with van der Waals surface area (Å²) in [5.74, 6) is 0.623. The lowest BCUT2D eigenvalue weighted by Gasteiger charge is -2.09. The van der Waals surface area contributed by atoms with E-state index in [0.717, 1.165) is 11.3 Å². The third-order valence-corrected chi connectivity index (χ3v) is 4.61. The van der Waals surface area contributed by atoms with Gasteiger partial charge in [-0.3, -0.25) is 14.6 Å². The van der Waals surface area contributed by atoms with Crippen molar-refractivity contribution >= 4 is 11.6 Å². The van der Waals surface area contributed by atoms with Crippen LogP contribution in [0.3, 0.4) is 0 Å². The number of ether oxygens (including phenoxy) is 1. The first-order chi connectivity index (χ1) is 13.9. The Labute approximate surface area is 169 Å². The van der Waals surface area contributed by atoms with Gasteiger partial charge in [0.2, 0.25) is 0 Å². The highest BCUT2D eigenvalue weighted by Crippen LogP contribution is 2.25. The molecular weight excluding hydrogens is 369 g/mol. The first-order valence-electron chi connectivity index (χ1n) is 9.42. The smallest absolute Gasteiger partial charge is 0.139 e. The molecule has 29 heavy (non-hydrogen) atoms. The molecule has 0 saturated heterocycles. The third-order valence-electron chi connectivity index (χ3n) is 4.61. The van der Waals surface area contributed by atoms with E-state index in [1.54, 1.807) is 19.1 Å². The number of benzene rings is 2. The van der Waals surface area contributed by atoms with Crippen LogP contribution in [0, 0.1) is 11.7 Å². The fraction of sp³-hybridized carbons (Fsp3) is 0.208. The zero-order valence-electron chi connectivity index (χ0n) is 16.4. The molecule has 0 bridgehead atoms. The molecule has 1 aromatic heterocycles. The normalized spacial score (nSPS) is 11.7. The highest BCUT2D eigenvalue weighted by atomic mass is 19.1. The Morgan fingerprint density at radius 1 is 0.966 bits per heavy atom. The van der Waals surface area contributed by atoms with Gasteiger partial charge in [0, 0.05) is 30.0 Å². The van der Waals surface area contributed by atoms with Crippen LogP contribution in [0.2, 0.25) is 0 Å². The van der Waals surface area contributed by atoms with E-state index in [0.29, 0.717) is 17.2 Å². The molecule has 3 aromatic rings. The van der Waals surface area contributed by atoms with Gasteiger partial charge in [0.15, 0.2) is 0 Å². The number of rotatable bonds is 8. The molecule has 5 heteroatoms. The van der Waals surface area contributed by atoms with Crippen LogP contribution in [-0.4, -0.2) is 16.6 Å². The number of aromatic nitrogens is 1. The molecule has 2 aromatic carbocycles. The van der Waals surface area contributed by atoms with Gasteiger partial charge in [0.1, 0.15) is 28.9 Å². The van der Waals surface area contributed by atoms with E-state index >= 15 is 0 Å². The second-order valence-electron chi connectivity index (χ2n) is 7.03. The fourth-order valence-electron chi connectivity index (χ4n) is 2.83. The summed E-state index contributed by atoms with van der Waals surface area (Å²) in [4.78, 5) is 28.1. The number of hydrogen-bond donors (Lipinski definition) is 0. The topological polar surface area (TPSA) is 56.3 Å². The average Bonchev–Trinajstić information content (AvgIpc) is 2.70. The first kappa shape index (κ1) is 20.4. The van der Waals surface area contributed by atoms with Crippen LogP contribution in [0.5, 0.6) is 11.5 Å². The Balaban J connectivity index is 1.67. The van der Waals surface area contributed by atoms with Crippen molar-refractivity contribution in [2.75, 3.05) is 0 Å². The number of hydrogen-bond acceptors (Lipinski definition) is 4. The van der Waals surface area contributed by atoms with E-state index < -0.39 is 0 Å². The van der Waals surface area contributed by atoms with E-state index in [4.69, 9.17) is 4.74 Å². The second-order valence-corrected chi connectivity index (χ2v) is 7.03. The molecule has 0 unspecified atom stereocenters. The molecule has 1 atom stereocenters.